The molecule has 0 aromatic heterocycles. The van der Waals surface area contributed by atoms with Gasteiger partial charge in [0.05, 0.1) is 0 Å². The van der Waals surface area contributed by atoms with Gasteiger partial charge in [0.15, 0.2) is 0 Å². The summed E-state index contributed by atoms with van der Waals surface area (Å²) in [4.78, 5) is 4.55. The second-order valence-corrected chi connectivity index (χ2v) is 2.19. The van der Waals surface area contributed by atoms with Crippen LogP contribution in [0.25, 0.3) is 0 Å². The highest BCUT2D eigenvalue weighted by Gasteiger charge is 2.10. The quantitative estimate of drug-likeness (QED) is 0.426. The first-order valence-electron chi connectivity index (χ1n) is 3.21. The van der Waals surface area contributed by atoms with Crippen molar-refractivity contribution in [2.75, 3.05) is 20.2 Å². The summed E-state index contributed by atoms with van der Waals surface area (Å²) in [6, 6.07) is 0. The fourth-order valence-electron chi connectivity index (χ4n) is 0.951. The van der Waals surface area contributed by atoms with Crippen LogP contribution in [0.15, 0.2) is 5.16 Å². The molecule has 0 aliphatic carbocycles. The predicted molar refractivity (Wildman–Crippen MR) is 36.5 cm³/mol. The highest BCUT2D eigenvalue weighted by Crippen LogP contribution is 2.03. The van der Waals surface area contributed by atoms with Crippen LogP contribution >= 0.6 is 0 Å². The van der Waals surface area contributed by atoms with Gasteiger partial charge in [-0.15, -0.1) is 0 Å². The first-order valence-corrected chi connectivity index (χ1v) is 3.21. The van der Waals surface area contributed by atoms with Crippen LogP contribution in [-0.4, -0.2) is 26.4 Å². The first kappa shape index (κ1) is 6.55. The van der Waals surface area contributed by atoms with Crippen LogP contribution in [0.2, 0.25) is 0 Å². The van der Waals surface area contributed by atoms with Crippen molar-refractivity contribution in [3.05, 3.63) is 0 Å². The zero-order valence-electron chi connectivity index (χ0n) is 5.63. The van der Waals surface area contributed by atoms with Gasteiger partial charge in [-0.25, -0.2) is 0 Å². The third kappa shape index (κ3) is 2.01. The minimum absolute atomic E-state index is 0.588. The summed E-state index contributed by atoms with van der Waals surface area (Å²) < 4.78 is 0. The maximum absolute atomic E-state index is 4.55. The van der Waals surface area contributed by atoms with Gasteiger partial charge in [0.25, 0.3) is 0 Å². The van der Waals surface area contributed by atoms with E-state index < -0.39 is 0 Å². The van der Waals surface area contributed by atoms with Gasteiger partial charge in [0.2, 0.25) is 0 Å². The van der Waals surface area contributed by atoms with E-state index in [2.05, 4.69) is 15.3 Å². The fraction of sp³-hybridized carbons (Fsp3) is 0.833. The summed E-state index contributed by atoms with van der Waals surface area (Å²) in [5.74, 6) is 0.588. The fourth-order valence-corrected chi connectivity index (χ4v) is 0.951. The molecule has 1 N–H and O–H groups in total. The molecule has 9 heavy (non-hydrogen) atoms. The van der Waals surface area contributed by atoms with Gasteiger partial charge in [-0.3, -0.25) is 0 Å². The Kier molecular flexibility index (Phi) is 2.51. The van der Waals surface area contributed by atoms with Crippen molar-refractivity contribution in [1.29, 1.82) is 0 Å². The van der Waals surface area contributed by atoms with Crippen molar-refractivity contribution in [2.24, 2.45) is 11.1 Å². The third-order valence-corrected chi connectivity index (χ3v) is 1.48. The van der Waals surface area contributed by atoms with Crippen LogP contribution in [0.4, 0.5) is 0 Å². The molecule has 1 rings (SSSR count). The van der Waals surface area contributed by atoms with Crippen LogP contribution < -0.4 is 5.32 Å². The molecule has 1 unspecified atom stereocenters. The SMILES string of the molecule is CON=CC1CCNC1. The molecule has 52 valence electrons. The van der Waals surface area contributed by atoms with E-state index in [1.54, 1.807) is 7.11 Å². The number of hydrogen-bond acceptors (Lipinski definition) is 3. The van der Waals surface area contributed by atoms with Crippen LogP contribution in [0.3, 0.4) is 0 Å². The van der Waals surface area contributed by atoms with Crippen LogP contribution in [0, 0.1) is 5.92 Å². The smallest absolute Gasteiger partial charge is 0.106 e. The molecule has 1 fully saturated rings. The molecule has 1 heterocycles. The molecule has 0 spiro atoms. The molecule has 1 aliphatic heterocycles. The summed E-state index contributed by atoms with van der Waals surface area (Å²) >= 11 is 0. The Bertz CT molecular complexity index is 97.2. The lowest BCUT2D eigenvalue weighted by Crippen LogP contribution is -2.09. The Labute approximate surface area is 55.1 Å². The van der Waals surface area contributed by atoms with Gasteiger partial charge in [-0.2, -0.15) is 0 Å². The normalized spacial score (nSPS) is 27.4. The number of rotatable bonds is 2. The molecule has 3 heteroatoms. The third-order valence-electron chi connectivity index (χ3n) is 1.48. The molecule has 0 radical (unpaired) electrons. The molecular formula is C6H12N2O. The average Bonchev–Trinajstić information content (AvgIpc) is 2.34. The number of oxime groups is 1. The monoisotopic (exact) mass is 128 g/mol. The maximum Gasteiger partial charge on any atom is 0.106 e. The van der Waals surface area contributed by atoms with Crippen molar-refractivity contribution in [2.45, 2.75) is 6.42 Å². The molecule has 0 aromatic carbocycles. The van der Waals surface area contributed by atoms with Gasteiger partial charge < -0.3 is 10.2 Å². The summed E-state index contributed by atoms with van der Waals surface area (Å²) in [5.41, 5.74) is 0. The van der Waals surface area contributed by atoms with Crippen molar-refractivity contribution < 1.29 is 4.84 Å². The maximum atomic E-state index is 4.55. The molecule has 0 bridgehead atoms. The van der Waals surface area contributed by atoms with Crippen molar-refractivity contribution in [1.82, 2.24) is 5.32 Å². The van der Waals surface area contributed by atoms with E-state index >= 15 is 0 Å². The Morgan fingerprint density at radius 1 is 1.78 bits per heavy atom. The summed E-state index contributed by atoms with van der Waals surface area (Å²) in [7, 11) is 1.57. The second-order valence-electron chi connectivity index (χ2n) is 2.19. The minimum atomic E-state index is 0.588. The van der Waals surface area contributed by atoms with Gasteiger partial charge in [0, 0.05) is 18.7 Å². The van der Waals surface area contributed by atoms with Crippen LogP contribution in [-0.2, 0) is 4.84 Å². The Morgan fingerprint density at radius 3 is 3.22 bits per heavy atom. The molecule has 1 atom stereocenters. The largest absolute Gasteiger partial charge is 0.399 e. The molecule has 0 aromatic rings. The number of hydrogen-bond donors (Lipinski definition) is 1. The second kappa shape index (κ2) is 3.45. The number of nitrogens with one attached hydrogen (secondary N) is 1. The minimum Gasteiger partial charge on any atom is -0.399 e. The van der Waals surface area contributed by atoms with Gasteiger partial charge in [0.1, 0.15) is 7.11 Å². The Balaban J connectivity index is 2.18. The molecule has 1 saturated heterocycles. The van der Waals surface area contributed by atoms with Gasteiger partial charge in [-0.05, 0) is 13.0 Å². The average molecular weight is 128 g/mol. The van der Waals surface area contributed by atoms with E-state index in [0.717, 1.165) is 13.1 Å². The lowest BCUT2D eigenvalue weighted by atomic mass is 10.1. The van der Waals surface area contributed by atoms with E-state index in [1.807, 2.05) is 6.21 Å². The highest BCUT2D eigenvalue weighted by atomic mass is 16.6. The molecule has 3 nitrogen and oxygen atoms in total. The lowest BCUT2D eigenvalue weighted by Gasteiger charge is -1.95. The van der Waals surface area contributed by atoms with Crippen molar-refractivity contribution in [3.8, 4) is 0 Å². The van der Waals surface area contributed by atoms with Crippen LogP contribution in [0.1, 0.15) is 6.42 Å². The summed E-state index contributed by atoms with van der Waals surface area (Å²) in [5, 5.41) is 6.92. The van der Waals surface area contributed by atoms with E-state index in [0.29, 0.717) is 5.92 Å². The Hall–Kier alpha value is -0.570. The molecule has 0 amide bonds. The summed E-state index contributed by atoms with van der Waals surface area (Å²) in [6.45, 7) is 2.16. The highest BCUT2D eigenvalue weighted by molar-refractivity contribution is 5.60. The first-order chi connectivity index (χ1) is 4.43. The van der Waals surface area contributed by atoms with Crippen molar-refractivity contribution in [3.63, 3.8) is 0 Å². The lowest BCUT2D eigenvalue weighted by molar-refractivity contribution is 0.213. The molecule has 0 saturated carbocycles. The van der Waals surface area contributed by atoms with Gasteiger partial charge >= 0.3 is 0 Å². The van der Waals surface area contributed by atoms with Crippen LogP contribution in [0.5, 0.6) is 0 Å². The van der Waals surface area contributed by atoms with E-state index in [4.69, 9.17) is 0 Å². The van der Waals surface area contributed by atoms with Gasteiger partial charge in [-0.1, -0.05) is 5.16 Å². The number of nitrogens with zero attached hydrogens (tertiary/aromatic N) is 1. The van der Waals surface area contributed by atoms with E-state index in [-0.39, 0.29) is 0 Å². The van der Waals surface area contributed by atoms with E-state index in [1.165, 1.54) is 6.42 Å². The standard InChI is InChI=1S/C6H12N2O/c1-9-8-5-6-2-3-7-4-6/h5-7H,2-4H2,1H3. The zero-order chi connectivity index (χ0) is 6.53. The zero-order valence-corrected chi connectivity index (χ0v) is 5.63. The summed E-state index contributed by atoms with van der Waals surface area (Å²) in [6.07, 6.45) is 3.05. The molecule has 1 aliphatic rings. The van der Waals surface area contributed by atoms with E-state index in [9.17, 15) is 0 Å². The predicted octanol–water partition coefficient (Wildman–Crippen LogP) is 0.228. The Morgan fingerprint density at radius 2 is 2.67 bits per heavy atom. The molecular weight excluding hydrogens is 116 g/mol. The van der Waals surface area contributed by atoms with Crippen molar-refractivity contribution >= 4 is 6.21 Å². The topological polar surface area (TPSA) is 33.6 Å².